The Morgan fingerprint density at radius 3 is 2.36 bits per heavy atom. The summed E-state index contributed by atoms with van der Waals surface area (Å²) in [6, 6.07) is 8.30. The molecule has 0 atom stereocenters. The first kappa shape index (κ1) is 17.1. The van der Waals surface area contributed by atoms with Gasteiger partial charge in [-0.05, 0) is 55.7 Å². The van der Waals surface area contributed by atoms with Gasteiger partial charge in [0, 0.05) is 13.1 Å². The molecule has 1 saturated carbocycles. The van der Waals surface area contributed by atoms with Gasteiger partial charge in [-0.1, -0.05) is 12.1 Å². The maximum atomic E-state index is 12.2. The molecular weight excluding hydrogens is 300 g/mol. The number of halogens is 1. The highest BCUT2D eigenvalue weighted by Crippen LogP contribution is 2.35. The molecule has 2 N–H and O–H groups in total. The molecule has 22 heavy (non-hydrogen) atoms. The number of benzene rings is 1. The highest BCUT2D eigenvalue weighted by molar-refractivity contribution is 5.89. The molecule has 2 aliphatic rings. The van der Waals surface area contributed by atoms with E-state index >= 15 is 0 Å². The third-order valence-corrected chi connectivity index (χ3v) is 4.80. The van der Waals surface area contributed by atoms with Crippen molar-refractivity contribution in [2.24, 2.45) is 11.7 Å². The highest BCUT2D eigenvalue weighted by atomic mass is 35.5. The molecular formula is C17H25ClN2O2. The number of carbonyl (C=O) groups is 1. The van der Waals surface area contributed by atoms with Gasteiger partial charge in [-0.2, -0.15) is 0 Å². The molecule has 0 unspecified atom stereocenters. The summed E-state index contributed by atoms with van der Waals surface area (Å²) in [5.41, 5.74) is 6.84. The predicted molar refractivity (Wildman–Crippen MR) is 89.4 cm³/mol. The second kappa shape index (κ2) is 6.88. The molecule has 1 aliphatic heterocycles. The number of methoxy groups -OCH3 is 1. The monoisotopic (exact) mass is 324 g/mol. The van der Waals surface area contributed by atoms with E-state index in [0.29, 0.717) is 5.92 Å². The minimum atomic E-state index is -0.511. The van der Waals surface area contributed by atoms with Gasteiger partial charge in [-0.15, -0.1) is 12.4 Å². The van der Waals surface area contributed by atoms with Crippen LogP contribution in [0.2, 0.25) is 0 Å². The molecule has 2 fully saturated rings. The van der Waals surface area contributed by atoms with Crippen molar-refractivity contribution in [1.82, 2.24) is 4.90 Å². The van der Waals surface area contributed by atoms with Crippen LogP contribution in [-0.4, -0.2) is 36.5 Å². The standard InChI is InChI=1S/C17H24N2O2.ClH/c1-21-15-4-2-13(3-5-15)12-14-6-10-19(11-7-14)16(20)17(18)8-9-17;/h2-5,14H,6-12,18H2,1H3;1H. The Hall–Kier alpha value is -1.26. The normalized spacial score (nSPS) is 20.2. The van der Waals surface area contributed by atoms with Crippen molar-refractivity contribution >= 4 is 18.3 Å². The van der Waals surface area contributed by atoms with Crippen molar-refractivity contribution in [3.05, 3.63) is 29.8 Å². The number of nitrogens with two attached hydrogens (primary N) is 1. The summed E-state index contributed by atoms with van der Waals surface area (Å²) in [4.78, 5) is 14.2. The average molecular weight is 325 g/mol. The Kier molecular flexibility index (Phi) is 5.35. The maximum Gasteiger partial charge on any atom is 0.242 e. The lowest BCUT2D eigenvalue weighted by atomic mass is 9.90. The third kappa shape index (κ3) is 3.73. The van der Waals surface area contributed by atoms with Crippen molar-refractivity contribution in [3.63, 3.8) is 0 Å². The molecule has 1 amide bonds. The third-order valence-electron chi connectivity index (χ3n) is 4.80. The van der Waals surface area contributed by atoms with Crippen LogP contribution >= 0.6 is 12.4 Å². The number of nitrogens with zero attached hydrogens (tertiary/aromatic N) is 1. The minimum Gasteiger partial charge on any atom is -0.497 e. The molecule has 0 bridgehead atoms. The Labute approximate surface area is 138 Å². The van der Waals surface area contributed by atoms with Gasteiger partial charge >= 0.3 is 0 Å². The molecule has 0 radical (unpaired) electrons. The molecule has 0 spiro atoms. The first-order valence-electron chi connectivity index (χ1n) is 7.82. The fraction of sp³-hybridized carbons (Fsp3) is 0.588. The molecule has 1 aromatic rings. The first-order valence-corrected chi connectivity index (χ1v) is 7.82. The summed E-state index contributed by atoms with van der Waals surface area (Å²) >= 11 is 0. The van der Waals surface area contributed by atoms with E-state index in [1.165, 1.54) is 5.56 Å². The van der Waals surface area contributed by atoms with Crippen LogP contribution in [0.1, 0.15) is 31.2 Å². The van der Waals surface area contributed by atoms with Crippen LogP contribution in [0.3, 0.4) is 0 Å². The number of amides is 1. The topological polar surface area (TPSA) is 55.6 Å². The number of likely N-dealkylation sites (tertiary alicyclic amines) is 1. The number of hydrogen-bond donors (Lipinski definition) is 1. The number of carbonyl (C=O) groups excluding carboxylic acids is 1. The van der Waals surface area contributed by atoms with Crippen molar-refractivity contribution in [3.8, 4) is 5.75 Å². The van der Waals surface area contributed by atoms with Gasteiger partial charge in [0.2, 0.25) is 5.91 Å². The van der Waals surface area contributed by atoms with Gasteiger partial charge in [0.15, 0.2) is 0 Å². The zero-order valence-electron chi connectivity index (χ0n) is 13.1. The number of piperidine rings is 1. The van der Waals surface area contributed by atoms with Gasteiger partial charge in [0.25, 0.3) is 0 Å². The predicted octanol–water partition coefficient (Wildman–Crippen LogP) is 2.39. The zero-order valence-corrected chi connectivity index (χ0v) is 13.9. The molecule has 3 rings (SSSR count). The van der Waals surface area contributed by atoms with E-state index in [1.807, 2.05) is 17.0 Å². The average Bonchev–Trinajstić information content (AvgIpc) is 3.27. The lowest BCUT2D eigenvalue weighted by molar-refractivity contribution is -0.135. The van der Waals surface area contributed by atoms with E-state index in [1.54, 1.807) is 7.11 Å². The molecule has 1 aliphatic carbocycles. The Morgan fingerprint density at radius 2 is 1.86 bits per heavy atom. The Bertz CT molecular complexity index is 506. The van der Waals surface area contributed by atoms with Crippen LogP contribution in [0.4, 0.5) is 0 Å². The molecule has 5 heteroatoms. The van der Waals surface area contributed by atoms with Crippen LogP contribution in [0.5, 0.6) is 5.75 Å². The fourth-order valence-corrected chi connectivity index (χ4v) is 3.10. The molecule has 1 saturated heterocycles. The SMILES string of the molecule is COc1ccc(CC2CCN(C(=O)C3(N)CC3)CC2)cc1.Cl. The quantitative estimate of drug-likeness (QED) is 0.925. The zero-order chi connectivity index (χ0) is 14.9. The van der Waals surface area contributed by atoms with E-state index in [4.69, 9.17) is 10.5 Å². The Morgan fingerprint density at radius 1 is 1.27 bits per heavy atom. The molecule has 1 aromatic carbocycles. The summed E-state index contributed by atoms with van der Waals surface area (Å²) in [6.07, 6.45) is 4.96. The lowest BCUT2D eigenvalue weighted by Gasteiger charge is -2.33. The minimum absolute atomic E-state index is 0. The van der Waals surface area contributed by atoms with Gasteiger partial charge in [-0.3, -0.25) is 4.79 Å². The summed E-state index contributed by atoms with van der Waals surface area (Å²) in [5, 5.41) is 0. The lowest BCUT2D eigenvalue weighted by Crippen LogP contribution is -2.48. The van der Waals surface area contributed by atoms with Crippen molar-refractivity contribution < 1.29 is 9.53 Å². The van der Waals surface area contributed by atoms with Gasteiger partial charge in [-0.25, -0.2) is 0 Å². The largest absolute Gasteiger partial charge is 0.497 e. The molecule has 122 valence electrons. The van der Waals surface area contributed by atoms with E-state index in [9.17, 15) is 4.79 Å². The smallest absolute Gasteiger partial charge is 0.242 e. The van der Waals surface area contributed by atoms with E-state index < -0.39 is 5.54 Å². The van der Waals surface area contributed by atoms with Crippen molar-refractivity contribution in [1.29, 1.82) is 0 Å². The maximum absolute atomic E-state index is 12.2. The molecule has 4 nitrogen and oxygen atoms in total. The fourth-order valence-electron chi connectivity index (χ4n) is 3.10. The summed E-state index contributed by atoms with van der Waals surface area (Å²) in [5.74, 6) is 1.73. The van der Waals surface area contributed by atoms with E-state index in [-0.39, 0.29) is 18.3 Å². The highest BCUT2D eigenvalue weighted by Gasteiger charge is 2.48. The van der Waals surface area contributed by atoms with Crippen LogP contribution in [0.25, 0.3) is 0 Å². The van der Waals surface area contributed by atoms with Gasteiger partial charge < -0.3 is 15.4 Å². The second-order valence-electron chi connectivity index (χ2n) is 6.44. The van der Waals surface area contributed by atoms with Gasteiger partial charge in [0.1, 0.15) is 5.75 Å². The number of hydrogen-bond acceptors (Lipinski definition) is 3. The van der Waals surface area contributed by atoms with Crippen LogP contribution < -0.4 is 10.5 Å². The van der Waals surface area contributed by atoms with Crippen LogP contribution in [0, 0.1) is 5.92 Å². The summed E-state index contributed by atoms with van der Waals surface area (Å²) in [7, 11) is 1.69. The summed E-state index contributed by atoms with van der Waals surface area (Å²) in [6.45, 7) is 1.72. The Balaban J connectivity index is 0.00000176. The number of ether oxygens (including phenoxy) is 1. The number of rotatable bonds is 4. The van der Waals surface area contributed by atoms with Crippen LogP contribution in [-0.2, 0) is 11.2 Å². The van der Waals surface area contributed by atoms with Crippen LogP contribution in [0.15, 0.2) is 24.3 Å². The molecule has 1 heterocycles. The van der Waals surface area contributed by atoms with Gasteiger partial charge in [0.05, 0.1) is 12.6 Å². The van der Waals surface area contributed by atoms with E-state index in [2.05, 4.69) is 12.1 Å². The van der Waals surface area contributed by atoms with E-state index in [0.717, 1.165) is 50.9 Å². The second-order valence-corrected chi connectivity index (χ2v) is 6.44. The molecule has 0 aromatic heterocycles. The first-order chi connectivity index (χ1) is 10.1. The summed E-state index contributed by atoms with van der Waals surface area (Å²) < 4.78 is 5.18. The van der Waals surface area contributed by atoms with Crippen molar-refractivity contribution in [2.45, 2.75) is 37.6 Å². The van der Waals surface area contributed by atoms with Crippen molar-refractivity contribution in [2.75, 3.05) is 20.2 Å².